The number of hydrogen-bond acceptors (Lipinski definition) is 6. The van der Waals surface area contributed by atoms with Gasteiger partial charge in [0.1, 0.15) is 18.9 Å². The lowest BCUT2D eigenvalue weighted by Crippen LogP contribution is -2.01. The Kier molecular flexibility index (Phi) is 4.97. The Hall–Kier alpha value is -2.05. The van der Waals surface area contributed by atoms with E-state index in [4.69, 9.17) is 18.7 Å². The normalized spacial score (nSPS) is 10.6. The van der Waals surface area contributed by atoms with Crippen LogP contribution in [0.4, 0.5) is 0 Å². The van der Waals surface area contributed by atoms with Gasteiger partial charge in [-0.3, -0.25) is 0 Å². The molecule has 0 unspecified atom stereocenters. The van der Waals surface area contributed by atoms with E-state index in [1.54, 1.807) is 38.5 Å². The number of nitrogens with zero attached hydrogens (tertiary/aromatic N) is 1. The Morgan fingerprint density at radius 3 is 2.80 bits per heavy atom. The van der Waals surface area contributed by atoms with E-state index >= 15 is 0 Å². The summed E-state index contributed by atoms with van der Waals surface area (Å²) in [6.07, 6.45) is 0. The van der Waals surface area contributed by atoms with Crippen molar-refractivity contribution in [2.24, 2.45) is 0 Å². The molecule has 0 fully saturated rings. The molecule has 0 aliphatic carbocycles. The molecule has 1 N–H and O–H groups in total. The average Bonchev–Trinajstić information content (AvgIpc) is 2.92. The summed E-state index contributed by atoms with van der Waals surface area (Å²) >= 11 is 0. The standard InChI is InChI=1S/C14H17NO5/c1-17-9-12-6-11(15-20-12)8-19-14-10(7-16)4-3-5-13(14)18-2/h3-6,16H,7-9H2,1-2H3. The Morgan fingerprint density at radius 1 is 1.25 bits per heavy atom. The molecule has 1 heterocycles. The average molecular weight is 279 g/mol. The number of benzene rings is 1. The van der Waals surface area contributed by atoms with Crippen LogP contribution in [0, 0.1) is 0 Å². The molecule has 0 bridgehead atoms. The molecule has 0 saturated heterocycles. The van der Waals surface area contributed by atoms with Gasteiger partial charge < -0.3 is 23.8 Å². The third-order valence-corrected chi connectivity index (χ3v) is 2.71. The number of rotatable bonds is 7. The lowest BCUT2D eigenvalue weighted by molar-refractivity contribution is 0.155. The summed E-state index contributed by atoms with van der Waals surface area (Å²) in [5, 5.41) is 13.2. The first-order chi connectivity index (χ1) is 9.78. The maximum absolute atomic E-state index is 9.32. The summed E-state index contributed by atoms with van der Waals surface area (Å²) in [6.45, 7) is 0.463. The van der Waals surface area contributed by atoms with Crippen molar-refractivity contribution in [2.75, 3.05) is 14.2 Å². The van der Waals surface area contributed by atoms with Crippen LogP contribution in [-0.4, -0.2) is 24.5 Å². The van der Waals surface area contributed by atoms with Crippen LogP contribution in [0.1, 0.15) is 17.0 Å². The lowest BCUT2D eigenvalue weighted by atomic mass is 10.2. The lowest BCUT2D eigenvalue weighted by Gasteiger charge is -2.12. The number of hydrogen-bond donors (Lipinski definition) is 1. The van der Waals surface area contributed by atoms with E-state index in [2.05, 4.69) is 5.16 Å². The van der Waals surface area contributed by atoms with Gasteiger partial charge in [0, 0.05) is 18.7 Å². The van der Waals surface area contributed by atoms with Gasteiger partial charge in [-0.25, -0.2) is 0 Å². The number of ether oxygens (including phenoxy) is 3. The van der Waals surface area contributed by atoms with Gasteiger partial charge in [-0.2, -0.15) is 0 Å². The molecule has 0 saturated carbocycles. The predicted octanol–water partition coefficient (Wildman–Crippen LogP) is 1.90. The van der Waals surface area contributed by atoms with Crippen LogP contribution in [-0.2, 0) is 24.6 Å². The van der Waals surface area contributed by atoms with Gasteiger partial charge in [-0.05, 0) is 6.07 Å². The number of aliphatic hydroxyl groups is 1. The van der Waals surface area contributed by atoms with Gasteiger partial charge in [0.05, 0.1) is 13.7 Å². The van der Waals surface area contributed by atoms with Gasteiger partial charge in [-0.1, -0.05) is 17.3 Å². The van der Waals surface area contributed by atoms with E-state index in [0.717, 1.165) is 0 Å². The fourth-order valence-corrected chi connectivity index (χ4v) is 1.79. The van der Waals surface area contributed by atoms with Gasteiger partial charge >= 0.3 is 0 Å². The molecule has 20 heavy (non-hydrogen) atoms. The first kappa shape index (κ1) is 14.4. The highest BCUT2D eigenvalue weighted by molar-refractivity contribution is 5.46. The third-order valence-electron chi connectivity index (χ3n) is 2.71. The van der Waals surface area contributed by atoms with Crippen molar-refractivity contribution >= 4 is 0 Å². The predicted molar refractivity (Wildman–Crippen MR) is 70.5 cm³/mol. The molecule has 2 rings (SSSR count). The Bertz CT molecular complexity index is 530. The largest absolute Gasteiger partial charge is 0.493 e. The molecule has 0 aliphatic heterocycles. The first-order valence-corrected chi connectivity index (χ1v) is 6.11. The van der Waals surface area contributed by atoms with E-state index in [1.807, 2.05) is 0 Å². The van der Waals surface area contributed by atoms with E-state index < -0.39 is 0 Å². The van der Waals surface area contributed by atoms with Crippen molar-refractivity contribution in [2.45, 2.75) is 19.8 Å². The van der Waals surface area contributed by atoms with Crippen LogP contribution in [0.3, 0.4) is 0 Å². The van der Waals surface area contributed by atoms with Crippen LogP contribution >= 0.6 is 0 Å². The Labute approximate surface area is 116 Å². The second kappa shape index (κ2) is 6.93. The fourth-order valence-electron chi connectivity index (χ4n) is 1.79. The minimum Gasteiger partial charge on any atom is -0.493 e. The number of aromatic nitrogens is 1. The second-order valence-electron chi connectivity index (χ2n) is 4.11. The molecule has 6 nitrogen and oxygen atoms in total. The number of methoxy groups -OCH3 is 2. The molecule has 1 aromatic heterocycles. The Balaban J connectivity index is 2.09. The maximum Gasteiger partial charge on any atom is 0.167 e. The summed E-state index contributed by atoms with van der Waals surface area (Å²) in [6, 6.07) is 7.10. The van der Waals surface area contributed by atoms with Gasteiger partial charge in [0.2, 0.25) is 0 Å². The summed E-state index contributed by atoms with van der Waals surface area (Å²) in [5.74, 6) is 1.71. The number of para-hydroxylation sites is 1. The first-order valence-electron chi connectivity index (χ1n) is 6.11. The summed E-state index contributed by atoms with van der Waals surface area (Å²) in [4.78, 5) is 0. The van der Waals surface area contributed by atoms with Crippen molar-refractivity contribution < 1.29 is 23.8 Å². The topological polar surface area (TPSA) is 74.0 Å². The van der Waals surface area contributed by atoms with Crippen LogP contribution in [0.15, 0.2) is 28.8 Å². The minimum absolute atomic E-state index is 0.125. The quantitative estimate of drug-likeness (QED) is 0.834. The van der Waals surface area contributed by atoms with Crippen molar-refractivity contribution in [3.63, 3.8) is 0 Å². The highest BCUT2D eigenvalue weighted by Crippen LogP contribution is 2.31. The molecular formula is C14H17NO5. The summed E-state index contributed by atoms with van der Waals surface area (Å²) in [5.41, 5.74) is 1.30. The highest BCUT2D eigenvalue weighted by Gasteiger charge is 2.11. The van der Waals surface area contributed by atoms with E-state index in [1.165, 1.54) is 0 Å². The molecule has 0 spiro atoms. The summed E-state index contributed by atoms with van der Waals surface area (Å²) in [7, 11) is 3.14. The molecule has 0 amide bonds. The van der Waals surface area contributed by atoms with Crippen molar-refractivity contribution in [3.8, 4) is 11.5 Å². The zero-order valence-corrected chi connectivity index (χ0v) is 11.5. The number of aliphatic hydroxyl groups excluding tert-OH is 1. The van der Waals surface area contributed by atoms with Crippen LogP contribution in [0.25, 0.3) is 0 Å². The summed E-state index contributed by atoms with van der Waals surface area (Å²) < 4.78 is 20.9. The molecule has 0 atom stereocenters. The molecule has 1 aromatic carbocycles. The van der Waals surface area contributed by atoms with Crippen molar-refractivity contribution in [1.82, 2.24) is 5.16 Å². The maximum atomic E-state index is 9.32. The highest BCUT2D eigenvalue weighted by atomic mass is 16.5. The van der Waals surface area contributed by atoms with Crippen molar-refractivity contribution in [3.05, 3.63) is 41.3 Å². The zero-order valence-electron chi connectivity index (χ0n) is 11.5. The SMILES string of the molecule is COCc1cc(COc2c(CO)cccc2OC)no1. The van der Waals surface area contributed by atoms with Gasteiger partial charge in [-0.15, -0.1) is 0 Å². The molecule has 0 aliphatic rings. The smallest absolute Gasteiger partial charge is 0.167 e. The van der Waals surface area contributed by atoms with E-state index in [9.17, 15) is 5.11 Å². The third kappa shape index (κ3) is 3.28. The van der Waals surface area contributed by atoms with E-state index in [0.29, 0.717) is 35.1 Å². The fraction of sp³-hybridized carbons (Fsp3) is 0.357. The van der Waals surface area contributed by atoms with Crippen molar-refractivity contribution in [1.29, 1.82) is 0 Å². The second-order valence-corrected chi connectivity index (χ2v) is 4.11. The molecule has 0 radical (unpaired) electrons. The van der Waals surface area contributed by atoms with Crippen LogP contribution in [0.2, 0.25) is 0 Å². The monoisotopic (exact) mass is 279 g/mol. The minimum atomic E-state index is -0.125. The van der Waals surface area contributed by atoms with Gasteiger partial charge in [0.25, 0.3) is 0 Å². The van der Waals surface area contributed by atoms with Crippen LogP contribution in [0.5, 0.6) is 11.5 Å². The molecular weight excluding hydrogens is 262 g/mol. The molecule has 108 valence electrons. The zero-order chi connectivity index (χ0) is 14.4. The van der Waals surface area contributed by atoms with E-state index in [-0.39, 0.29) is 13.2 Å². The molecule has 6 heteroatoms. The molecule has 2 aromatic rings. The Morgan fingerprint density at radius 2 is 2.10 bits per heavy atom. The van der Waals surface area contributed by atoms with Crippen LogP contribution < -0.4 is 9.47 Å². The van der Waals surface area contributed by atoms with Gasteiger partial charge in [0.15, 0.2) is 17.3 Å².